The fourth-order valence-electron chi connectivity index (χ4n) is 2.91. The molecule has 0 bridgehead atoms. The van der Waals surface area contributed by atoms with Gasteiger partial charge in [-0.3, -0.25) is 9.69 Å². The Labute approximate surface area is 126 Å². The first kappa shape index (κ1) is 14.3. The van der Waals surface area contributed by atoms with E-state index in [-0.39, 0.29) is 11.8 Å². The van der Waals surface area contributed by atoms with Crippen LogP contribution in [0.1, 0.15) is 48.7 Å². The summed E-state index contributed by atoms with van der Waals surface area (Å²) in [5.74, 6) is 0.786. The van der Waals surface area contributed by atoms with Crippen molar-refractivity contribution < 1.29 is 4.79 Å². The average molecular weight is 288 g/mol. The number of nitrogens with zero attached hydrogens (tertiary/aromatic N) is 3. The summed E-state index contributed by atoms with van der Waals surface area (Å²) in [5.41, 5.74) is 7.40. The number of carbonyl (C=O) groups is 1. The minimum absolute atomic E-state index is 0.0847. The van der Waals surface area contributed by atoms with Gasteiger partial charge in [0.15, 0.2) is 0 Å². The molecule has 1 amide bonds. The third-order valence-corrected chi connectivity index (χ3v) is 4.37. The quantitative estimate of drug-likeness (QED) is 0.919. The molecule has 1 aromatic rings. The third kappa shape index (κ3) is 3.18. The number of hydrogen-bond donors (Lipinski definition) is 1. The standard InChI is InChI=1S/C16H24N4O/c1-11(2)14-9-12(10-15(17)18-14)16(21)20-7-5-19(6-8-20)13-3-4-13/h9-11,13H,3-8H2,1-2H3,(H2,17,18). The van der Waals surface area contributed by atoms with Gasteiger partial charge in [-0.25, -0.2) is 4.98 Å². The van der Waals surface area contributed by atoms with Crippen LogP contribution in [0.2, 0.25) is 0 Å². The predicted octanol–water partition coefficient (Wildman–Crippen LogP) is 1.71. The maximum atomic E-state index is 12.6. The van der Waals surface area contributed by atoms with E-state index in [1.54, 1.807) is 6.07 Å². The Morgan fingerprint density at radius 3 is 2.48 bits per heavy atom. The first-order chi connectivity index (χ1) is 10.0. The van der Waals surface area contributed by atoms with E-state index in [0.717, 1.165) is 37.9 Å². The lowest BCUT2D eigenvalue weighted by atomic mass is 10.1. The van der Waals surface area contributed by atoms with Crippen LogP contribution in [0.15, 0.2) is 12.1 Å². The van der Waals surface area contributed by atoms with Crippen LogP contribution < -0.4 is 5.73 Å². The number of amides is 1. The van der Waals surface area contributed by atoms with Crippen LogP contribution in [0.25, 0.3) is 0 Å². The number of rotatable bonds is 3. The van der Waals surface area contributed by atoms with Gasteiger partial charge in [0, 0.05) is 43.5 Å². The minimum Gasteiger partial charge on any atom is -0.384 e. The Kier molecular flexibility index (Phi) is 3.85. The molecular weight excluding hydrogens is 264 g/mol. The molecule has 2 heterocycles. The van der Waals surface area contributed by atoms with Crippen molar-refractivity contribution in [2.75, 3.05) is 31.9 Å². The molecule has 5 heteroatoms. The first-order valence-electron chi connectivity index (χ1n) is 7.85. The molecule has 1 aliphatic heterocycles. The summed E-state index contributed by atoms with van der Waals surface area (Å²) in [4.78, 5) is 21.4. The van der Waals surface area contributed by atoms with E-state index in [4.69, 9.17) is 5.73 Å². The molecule has 21 heavy (non-hydrogen) atoms. The molecule has 5 nitrogen and oxygen atoms in total. The SMILES string of the molecule is CC(C)c1cc(C(=O)N2CCN(C3CC3)CC2)cc(N)n1. The summed E-state index contributed by atoms with van der Waals surface area (Å²) in [6.45, 7) is 7.74. The van der Waals surface area contributed by atoms with Crippen molar-refractivity contribution >= 4 is 11.7 Å². The molecule has 0 aromatic carbocycles. The van der Waals surface area contributed by atoms with Crippen LogP contribution in [0.4, 0.5) is 5.82 Å². The Balaban J connectivity index is 1.70. The van der Waals surface area contributed by atoms with Crippen molar-refractivity contribution in [3.8, 4) is 0 Å². The molecule has 0 unspecified atom stereocenters. The predicted molar refractivity (Wildman–Crippen MR) is 83.2 cm³/mol. The zero-order chi connectivity index (χ0) is 15.0. The van der Waals surface area contributed by atoms with E-state index in [0.29, 0.717) is 11.4 Å². The molecule has 0 atom stereocenters. The summed E-state index contributed by atoms with van der Waals surface area (Å²) in [7, 11) is 0. The molecule has 1 aromatic heterocycles. The molecule has 0 radical (unpaired) electrons. The fourth-order valence-corrected chi connectivity index (χ4v) is 2.91. The first-order valence-corrected chi connectivity index (χ1v) is 7.85. The van der Waals surface area contributed by atoms with Gasteiger partial charge in [0.1, 0.15) is 5.82 Å². The lowest BCUT2D eigenvalue weighted by molar-refractivity contribution is 0.0627. The molecule has 1 aliphatic carbocycles. The lowest BCUT2D eigenvalue weighted by Gasteiger charge is -2.35. The van der Waals surface area contributed by atoms with Gasteiger partial charge in [0.2, 0.25) is 0 Å². The number of anilines is 1. The Bertz CT molecular complexity index is 531. The number of nitrogen functional groups attached to an aromatic ring is 1. The topological polar surface area (TPSA) is 62.5 Å². The average Bonchev–Trinajstić information content (AvgIpc) is 3.30. The Hall–Kier alpha value is -1.62. The molecule has 2 fully saturated rings. The van der Waals surface area contributed by atoms with E-state index in [1.165, 1.54) is 12.8 Å². The summed E-state index contributed by atoms with van der Waals surface area (Å²) < 4.78 is 0. The number of piperazine rings is 1. The minimum atomic E-state index is 0.0847. The summed E-state index contributed by atoms with van der Waals surface area (Å²) in [6.07, 6.45) is 2.65. The van der Waals surface area contributed by atoms with Gasteiger partial charge in [0.05, 0.1) is 0 Å². The van der Waals surface area contributed by atoms with Crippen molar-refractivity contribution in [1.29, 1.82) is 0 Å². The number of carbonyl (C=O) groups excluding carboxylic acids is 1. The van der Waals surface area contributed by atoms with E-state index in [2.05, 4.69) is 23.7 Å². The maximum Gasteiger partial charge on any atom is 0.254 e. The van der Waals surface area contributed by atoms with Crippen LogP contribution in [0.5, 0.6) is 0 Å². The van der Waals surface area contributed by atoms with Crippen LogP contribution >= 0.6 is 0 Å². The smallest absolute Gasteiger partial charge is 0.254 e. The lowest BCUT2D eigenvalue weighted by Crippen LogP contribution is -2.49. The number of nitrogens with two attached hydrogens (primary N) is 1. The van der Waals surface area contributed by atoms with E-state index >= 15 is 0 Å². The van der Waals surface area contributed by atoms with Crippen molar-refractivity contribution in [2.24, 2.45) is 0 Å². The molecule has 2 N–H and O–H groups in total. The third-order valence-electron chi connectivity index (χ3n) is 4.37. The molecule has 114 valence electrons. The second-order valence-electron chi connectivity index (χ2n) is 6.42. The highest BCUT2D eigenvalue weighted by molar-refractivity contribution is 5.95. The van der Waals surface area contributed by atoms with Gasteiger partial charge in [-0.1, -0.05) is 13.8 Å². The van der Waals surface area contributed by atoms with E-state index < -0.39 is 0 Å². The van der Waals surface area contributed by atoms with E-state index in [1.807, 2.05) is 11.0 Å². The van der Waals surface area contributed by atoms with E-state index in [9.17, 15) is 4.79 Å². The molecule has 1 saturated heterocycles. The van der Waals surface area contributed by atoms with Crippen molar-refractivity contribution in [1.82, 2.24) is 14.8 Å². The normalized spacial score (nSPS) is 20.0. The van der Waals surface area contributed by atoms with Gasteiger partial charge >= 0.3 is 0 Å². The second-order valence-corrected chi connectivity index (χ2v) is 6.42. The monoisotopic (exact) mass is 288 g/mol. The highest BCUT2D eigenvalue weighted by Crippen LogP contribution is 2.27. The van der Waals surface area contributed by atoms with Gasteiger partial charge in [-0.2, -0.15) is 0 Å². The Morgan fingerprint density at radius 1 is 1.24 bits per heavy atom. The summed E-state index contributed by atoms with van der Waals surface area (Å²) >= 11 is 0. The van der Waals surface area contributed by atoms with Gasteiger partial charge in [0.25, 0.3) is 5.91 Å². The van der Waals surface area contributed by atoms with Crippen molar-refractivity contribution in [3.05, 3.63) is 23.4 Å². The van der Waals surface area contributed by atoms with Crippen molar-refractivity contribution in [2.45, 2.75) is 38.6 Å². The number of pyridine rings is 1. The zero-order valence-electron chi connectivity index (χ0n) is 12.9. The second kappa shape index (κ2) is 5.64. The van der Waals surface area contributed by atoms with Crippen LogP contribution in [0.3, 0.4) is 0 Å². The molecule has 1 saturated carbocycles. The molecular formula is C16H24N4O. The maximum absolute atomic E-state index is 12.6. The van der Waals surface area contributed by atoms with Gasteiger partial charge in [-0.05, 0) is 30.9 Å². The van der Waals surface area contributed by atoms with Gasteiger partial charge < -0.3 is 10.6 Å². The number of aromatic nitrogens is 1. The summed E-state index contributed by atoms with van der Waals surface area (Å²) in [6, 6.07) is 4.37. The highest BCUT2D eigenvalue weighted by Gasteiger charge is 2.32. The fraction of sp³-hybridized carbons (Fsp3) is 0.625. The van der Waals surface area contributed by atoms with Gasteiger partial charge in [-0.15, -0.1) is 0 Å². The van der Waals surface area contributed by atoms with Crippen LogP contribution in [-0.2, 0) is 0 Å². The Morgan fingerprint density at radius 2 is 1.90 bits per heavy atom. The molecule has 2 aliphatic rings. The molecule has 3 rings (SSSR count). The molecule has 0 spiro atoms. The zero-order valence-corrected chi connectivity index (χ0v) is 12.9. The largest absolute Gasteiger partial charge is 0.384 e. The highest BCUT2D eigenvalue weighted by atomic mass is 16.2. The van der Waals surface area contributed by atoms with Crippen molar-refractivity contribution in [3.63, 3.8) is 0 Å². The number of hydrogen-bond acceptors (Lipinski definition) is 4. The summed E-state index contributed by atoms with van der Waals surface area (Å²) in [5, 5.41) is 0. The van der Waals surface area contributed by atoms with Crippen LogP contribution in [0, 0.1) is 0 Å². The van der Waals surface area contributed by atoms with Crippen LogP contribution in [-0.4, -0.2) is 52.9 Å².